The highest BCUT2D eigenvalue weighted by molar-refractivity contribution is 5.90. The van der Waals surface area contributed by atoms with Gasteiger partial charge in [-0.15, -0.1) is 0 Å². The Bertz CT molecular complexity index is 427. The van der Waals surface area contributed by atoms with Crippen molar-refractivity contribution in [3.8, 4) is 0 Å². The van der Waals surface area contributed by atoms with E-state index in [2.05, 4.69) is 11.8 Å². The van der Waals surface area contributed by atoms with E-state index in [0.29, 0.717) is 23.9 Å². The molecule has 1 aromatic rings. The number of carbonyl (C=O) groups excluding carboxylic acids is 1. The molecule has 0 aromatic carbocycles. The summed E-state index contributed by atoms with van der Waals surface area (Å²) in [6, 6.07) is 2.13. The highest BCUT2D eigenvalue weighted by Gasteiger charge is 2.22. The molecule has 5 nitrogen and oxygen atoms in total. The van der Waals surface area contributed by atoms with Crippen LogP contribution in [0.25, 0.3) is 0 Å². The summed E-state index contributed by atoms with van der Waals surface area (Å²) >= 11 is 0. The zero-order valence-corrected chi connectivity index (χ0v) is 11.1. The number of hydrogen-bond acceptors (Lipinski definition) is 5. The molecule has 18 heavy (non-hydrogen) atoms. The number of esters is 1. The molecule has 0 spiro atoms. The normalized spacial score (nSPS) is 20.9. The van der Waals surface area contributed by atoms with Crippen molar-refractivity contribution in [2.75, 3.05) is 26.9 Å². The number of ether oxygens (including phenoxy) is 2. The monoisotopic (exact) mass is 253 g/mol. The van der Waals surface area contributed by atoms with Gasteiger partial charge in [-0.1, -0.05) is 0 Å². The Morgan fingerprint density at radius 1 is 1.61 bits per heavy atom. The van der Waals surface area contributed by atoms with Crippen LogP contribution >= 0.6 is 0 Å². The average molecular weight is 253 g/mol. The number of furan rings is 1. The molecule has 1 unspecified atom stereocenters. The van der Waals surface area contributed by atoms with Crippen LogP contribution in [0, 0.1) is 6.92 Å². The van der Waals surface area contributed by atoms with Crippen molar-refractivity contribution in [3.63, 3.8) is 0 Å². The lowest BCUT2D eigenvalue weighted by atomic mass is 10.2. The molecule has 2 heterocycles. The molecule has 1 atom stereocenters. The predicted molar refractivity (Wildman–Crippen MR) is 65.5 cm³/mol. The van der Waals surface area contributed by atoms with Gasteiger partial charge >= 0.3 is 5.97 Å². The Labute approximate surface area is 107 Å². The molecule has 0 aliphatic carbocycles. The van der Waals surface area contributed by atoms with E-state index >= 15 is 0 Å². The minimum atomic E-state index is -0.350. The van der Waals surface area contributed by atoms with Gasteiger partial charge in [0.15, 0.2) is 0 Å². The van der Waals surface area contributed by atoms with Crippen molar-refractivity contribution in [1.29, 1.82) is 0 Å². The van der Waals surface area contributed by atoms with Crippen LogP contribution in [0.15, 0.2) is 10.5 Å². The summed E-state index contributed by atoms with van der Waals surface area (Å²) in [5.74, 6) is 1.05. The number of morpholine rings is 1. The first-order valence-corrected chi connectivity index (χ1v) is 6.11. The Kier molecular flexibility index (Phi) is 4.04. The van der Waals surface area contributed by atoms with Crippen LogP contribution in [0.2, 0.25) is 0 Å². The summed E-state index contributed by atoms with van der Waals surface area (Å²) < 4.78 is 15.7. The molecule has 5 heteroatoms. The Hall–Kier alpha value is -1.33. The first-order chi connectivity index (χ1) is 8.61. The fourth-order valence-corrected chi connectivity index (χ4v) is 2.13. The summed E-state index contributed by atoms with van der Waals surface area (Å²) in [5, 5.41) is 0. The largest absolute Gasteiger partial charge is 0.465 e. The van der Waals surface area contributed by atoms with E-state index in [4.69, 9.17) is 13.9 Å². The van der Waals surface area contributed by atoms with Crippen LogP contribution in [-0.2, 0) is 16.0 Å². The molecule has 1 aromatic heterocycles. The van der Waals surface area contributed by atoms with Gasteiger partial charge in [-0.05, 0) is 19.9 Å². The van der Waals surface area contributed by atoms with Gasteiger partial charge < -0.3 is 13.9 Å². The molecule has 1 fully saturated rings. The number of hydrogen-bond donors (Lipinski definition) is 0. The van der Waals surface area contributed by atoms with Gasteiger partial charge in [0.2, 0.25) is 0 Å². The smallest absolute Gasteiger partial charge is 0.341 e. The van der Waals surface area contributed by atoms with Crippen molar-refractivity contribution in [3.05, 3.63) is 23.2 Å². The zero-order valence-electron chi connectivity index (χ0n) is 11.1. The fourth-order valence-electron chi connectivity index (χ4n) is 2.13. The van der Waals surface area contributed by atoms with Gasteiger partial charge in [0.25, 0.3) is 0 Å². The van der Waals surface area contributed by atoms with E-state index in [1.807, 2.05) is 0 Å². The second-order valence-corrected chi connectivity index (χ2v) is 4.57. The van der Waals surface area contributed by atoms with Crippen LogP contribution < -0.4 is 0 Å². The Morgan fingerprint density at radius 3 is 3.06 bits per heavy atom. The number of methoxy groups -OCH3 is 1. The maximum atomic E-state index is 11.5. The van der Waals surface area contributed by atoms with E-state index in [1.165, 1.54) is 7.11 Å². The van der Waals surface area contributed by atoms with Gasteiger partial charge in [-0.3, -0.25) is 4.90 Å². The van der Waals surface area contributed by atoms with Gasteiger partial charge in [0.05, 0.1) is 26.9 Å². The average Bonchev–Trinajstić information content (AvgIpc) is 2.72. The number of aryl methyl sites for hydroxylation is 1. The summed E-state index contributed by atoms with van der Waals surface area (Å²) in [5.41, 5.74) is 0.508. The maximum Gasteiger partial charge on any atom is 0.341 e. The standard InChI is InChI=1S/C13H19NO4/c1-9-8-17-5-4-14(9)7-11-6-12(10(2)18-11)13(15)16-3/h6,9H,4-5,7-8H2,1-3H3. The Morgan fingerprint density at radius 2 is 2.39 bits per heavy atom. The van der Waals surface area contributed by atoms with Crippen molar-refractivity contribution in [2.24, 2.45) is 0 Å². The highest BCUT2D eigenvalue weighted by Crippen LogP contribution is 2.19. The van der Waals surface area contributed by atoms with E-state index in [0.717, 1.165) is 25.5 Å². The molecular weight excluding hydrogens is 234 g/mol. The summed E-state index contributed by atoms with van der Waals surface area (Å²) in [6.07, 6.45) is 0. The zero-order chi connectivity index (χ0) is 13.1. The molecule has 1 aliphatic heterocycles. The minimum absolute atomic E-state index is 0.350. The molecule has 0 saturated carbocycles. The molecule has 1 saturated heterocycles. The van der Waals surface area contributed by atoms with Crippen molar-refractivity contribution in [1.82, 2.24) is 4.90 Å². The van der Waals surface area contributed by atoms with E-state index in [1.54, 1.807) is 13.0 Å². The van der Waals surface area contributed by atoms with Crippen LogP contribution in [0.4, 0.5) is 0 Å². The second kappa shape index (κ2) is 5.54. The number of rotatable bonds is 3. The van der Waals surface area contributed by atoms with E-state index in [-0.39, 0.29) is 5.97 Å². The maximum absolute atomic E-state index is 11.5. The van der Waals surface area contributed by atoms with Crippen LogP contribution in [-0.4, -0.2) is 43.8 Å². The first kappa shape index (κ1) is 13.1. The molecule has 0 amide bonds. The van der Waals surface area contributed by atoms with Crippen LogP contribution in [0.5, 0.6) is 0 Å². The topological polar surface area (TPSA) is 51.9 Å². The quantitative estimate of drug-likeness (QED) is 0.766. The second-order valence-electron chi connectivity index (χ2n) is 4.57. The minimum Gasteiger partial charge on any atom is -0.465 e. The molecule has 100 valence electrons. The first-order valence-electron chi connectivity index (χ1n) is 6.11. The molecule has 0 bridgehead atoms. The molecule has 0 radical (unpaired) electrons. The van der Waals surface area contributed by atoms with Crippen LogP contribution in [0.1, 0.15) is 28.8 Å². The fraction of sp³-hybridized carbons (Fsp3) is 0.615. The third kappa shape index (κ3) is 2.73. The lowest BCUT2D eigenvalue weighted by Crippen LogP contribution is -2.42. The molecule has 2 rings (SSSR count). The van der Waals surface area contributed by atoms with Gasteiger partial charge in [0, 0.05) is 12.6 Å². The van der Waals surface area contributed by atoms with Crippen molar-refractivity contribution >= 4 is 5.97 Å². The third-order valence-corrected chi connectivity index (χ3v) is 3.24. The highest BCUT2D eigenvalue weighted by atomic mass is 16.5. The number of nitrogens with zero attached hydrogens (tertiary/aromatic N) is 1. The third-order valence-electron chi connectivity index (χ3n) is 3.24. The molecule has 0 N–H and O–H groups in total. The SMILES string of the molecule is COC(=O)c1cc(CN2CCOCC2C)oc1C. The van der Waals surface area contributed by atoms with Gasteiger partial charge in [-0.25, -0.2) is 4.79 Å². The van der Waals surface area contributed by atoms with Crippen molar-refractivity contribution in [2.45, 2.75) is 26.4 Å². The van der Waals surface area contributed by atoms with E-state index in [9.17, 15) is 4.79 Å². The molecule has 1 aliphatic rings. The summed E-state index contributed by atoms with van der Waals surface area (Å²) in [4.78, 5) is 13.8. The van der Waals surface area contributed by atoms with Crippen molar-refractivity contribution < 1.29 is 18.7 Å². The lowest BCUT2D eigenvalue weighted by Gasteiger charge is -2.32. The Balaban J connectivity index is 2.07. The van der Waals surface area contributed by atoms with Crippen LogP contribution in [0.3, 0.4) is 0 Å². The number of carbonyl (C=O) groups is 1. The van der Waals surface area contributed by atoms with Gasteiger partial charge in [0.1, 0.15) is 17.1 Å². The van der Waals surface area contributed by atoms with Gasteiger partial charge in [-0.2, -0.15) is 0 Å². The van der Waals surface area contributed by atoms with E-state index < -0.39 is 0 Å². The molecular formula is C13H19NO4. The lowest BCUT2D eigenvalue weighted by molar-refractivity contribution is -0.00717. The summed E-state index contributed by atoms with van der Waals surface area (Å²) in [7, 11) is 1.37. The summed E-state index contributed by atoms with van der Waals surface area (Å²) in [6.45, 7) is 6.96. The predicted octanol–water partition coefficient (Wildman–Crippen LogP) is 1.60.